The van der Waals surface area contributed by atoms with Crippen LogP contribution in [0.25, 0.3) is 0 Å². The lowest BCUT2D eigenvalue weighted by Gasteiger charge is -2.17. The molecule has 0 saturated carbocycles. The number of benzene rings is 3. The Balaban J connectivity index is 1.75. The molecule has 0 fully saturated rings. The Morgan fingerprint density at radius 1 is 0.912 bits per heavy atom. The fraction of sp³-hybridized carbons (Fsp3) is 0.200. The van der Waals surface area contributed by atoms with Gasteiger partial charge in [0.25, 0.3) is 11.8 Å². The van der Waals surface area contributed by atoms with Crippen LogP contribution in [0.4, 0.5) is 11.4 Å². The topological polar surface area (TPSA) is 85.9 Å². The van der Waals surface area contributed by atoms with E-state index in [-0.39, 0.29) is 12.5 Å². The Bertz CT molecular complexity index is 1220. The summed E-state index contributed by atoms with van der Waals surface area (Å²) in [5.41, 5.74) is 2.94. The third kappa shape index (κ3) is 5.81. The molecule has 0 aromatic heterocycles. The first-order valence-corrected chi connectivity index (χ1v) is 11.4. The summed E-state index contributed by atoms with van der Waals surface area (Å²) in [6, 6.07) is 13.7. The summed E-state index contributed by atoms with van der Waals surface area (Å²) in [5.74, 6) is 0.506. The first kappa shape index (κ1) is 25.4. The Labute approximate surface area is 211 Å². The van der Waals surface area contributed by atoms with Crippen LogP contribution in [-0.2, 0) is 4.79 Å². The first-order chi connectivity index (χ1) is 16.2. The van der Waals surface area contributed by atoms with Crippen molar-refractivity contribution in [2.24, 2.45) is 0 Å². The molecule has 3 aromatic carbocycles. The van der Waals surface area contributed by atoms with Crippen LogP contribution in [0.2, 0.25) is 5.02 Å². The van der Waals surface area contributed by atoms with Gasteiger partial charge in [0.15, 0.2) is 6.61 Å². The van der Waals surface area contributed by atoms with Crippen LogP contribution in [-0.4, -0.2) is 32.6 Å². The van der Waals surface area contributed by atoms with Gasteiger partial charge in [-0.05, 0) is 59.1 Å². The molecule has 178 valence electrons. The van der Waals surface area contributed by atoms with Crippen LogP contribution in [0.3, 0.4) is 0 Å². The molecule has 0 aliphatic carbocycles. The van der Waals surface area contributed by atoms with Gasteiger partial charge in [-0.3, -0.25) is 9.59 Å². The highest BCUT2D eigenvalue weighted by atomic mass is 79.9. The molecule has 0 atom stereocenters. The van der Waals surface area contributed by atoms with E-state index in [4.69, 9.17) is 25.8 Å². The van der Waals surface area contributed by atoms with E-state index in [1.165, 1.54) is 14.2 Å². The summed E-state index contributed by atoms with van der Waals surface area (Å²) in [4.78, 5) is 25.2. The summed E-state index contributed by atoms with van der Waals surface area (Å²) >= 11 is 9.71. The van der Waals surface area contributed by atoms with Crippen molar-refractivity contribution in [3.8, 4) is 17.2 Å². The minimum absolute atomic E-state index is 0.239. The number of carbonyl (C=O) groups excluding carboxylic acids is 2. The molecule has 3 aromatic rings. The Morgan fingerprint density at radius 3 is 2.09 bits per heavy atom. The van der Waals surface area contributed by atoms with Crippen molar-refractivity contribution in [1.29, 1.82) is 0 Å². The molecule has 0 bridgehead atoms. The monoisotopic (exact) mass is 546 g/mol. The summed E-state index contributed by atoms with van der Waals surface area (Å²) in [6.45, 7) is 3.49. The molecule has 0 aliphatic rings. The van der Waals surface area contributed by atoms with E-state index in [2.05, 4.69) is 26.6 Å². The lowest BCUT2D eigenvalue weighted by Crippen LogP contribution is -2.21. The number of amides is 2. The minimum Gasteiger partial charge on any atom is -0.494 e. The number of methoxy groups -OCH3 is 2. The Morgan fingerprint density at radius 2 is 1.50 bits per heavy atom. The van der Waals surface area contributed by atoms with Gasteiger partial charge in [-0.1, -0.05) is 29.8 Å². The van der Waals surface area contributed by atoms with Gasteiger partial charge in [-0.15, -0.1) is 0 Å². The van der Waals surface area contributed by atoms with Crippen LogP contribution in [0.15, 0.2) is 53.0 Å². The molecule has 3 rings (SSSR count). The maximum Gasteiger partial charge on any atom is 0.262 e. The number of nitrogens with one attached hydrogen (secondary N) is 2. The quantitative estimate of drug-likeness (QED) is 0.361. The molecular weight excluding hydrogens is 524 g/mol. The minimum atomic E-state index is -0.404. The lowest BCUT2D eigenvalue weighted by atomic mass is 10.1. The molecule has 0 aliphatic heterocycles. The molecule has 2 N–H and O–H groups in total. The normalized spacial score (nSPS) is 10.4. The van der Waals surface area contributed by atoms with Crippen molar-refractivity contribution in [2.45, 2.75) is 13.8 Å². The Kier molecular flexibility index (Phi) is 8.41. The summed E-state index contributed by atoms with van der Waals surface area (Å²) in [7, 11) is 2.94. The van der Waals surface area contributed by atoms with Crippen molar-refractivity contribution in [2.75, 3.05) is 31.5 Å². The molecule has 0 heterocycles. The van der Waals surface area contributed by atoms with E-state index in [9.17, 15) is 9.59 Å². The third-order valence-electron chi connectivity index (χ3n) is 5.01. The predicted molar refractivity (Wildman–Crippen MR) is 137 cm³/mol. The predicted octanol–water partition coefficient (Wildman–Crippen LogP) is 6.01. The molecule has 9 heteroatoms. The van der Waals surface area contributed by atoms with Crippen molar-refractivity contribution in [3.63, 3.8) is 0 Å². The van der Waals surface area contributed by atoms with E-state index >= 15 is 0 Å². The van der Waals surface area contributed by atoms with Gasteiger partial charge in [0.2, 0.25) is 0 Å². The molecule has 0 saturated heterocycles. The number of hydrogen-bond donors (Lipinski definition) is 2. The van der Waals surface area contributed by atoms with Crippen LogP contribution in [0.1, 0.15) is 21.5 Å². The maximum absolute atomic E-state index is 12.6. The summed E-state index contributed by atoms with van der Waals surface area (Å²) in [5, 5.41) is 6.20. The highest BCUT2D eigenvalue weighted by Gasteiger charge is 2.17. The van der Waals surface area contributed by atoms with Gasteiger partial charge >= 0.3 is 0 Å². The number of anilines is 2. The van der Waals surface area contributed by atoms with Crippen molar-refractivity contribution < 1.29 is 23.8 Å². The van der Waals surface area contributed by atoms with Crippen molar-refractivity contribution in [3.05, 3.63) is 74.7 Å². The fourth-order valence-electron chi connectivity index (χ4n) is 3.21. The maximum atomic E-state index is 12.6. The first-order valence-electron chi connectivity index (χ1n) is 10.3. The molecular formula is C25H24BrClN2O5. The molecule has 34 heavy (non-hydrogen) atoms. The molecule has 0 radical (unpaired) electrons. The SMILES string of the molecule is COc1cc(NC(=O)c2ccccc2)c(OC)cc1NC(=O)COc1cc(C)c(Cl)c(C)c1Br. The van der Waals surface area contributed by atoms with Gasteiger partial charge in [0, 0.05) is 22.7 Å². The van der Waals surface area contributed by atoms with Gasteiger partial charge in [-0.2, -0.15) is 0 Å². The van der Waals surface area contributed by atoms with Crippen molar-refractivity contribution in [1.82, 2.24) is 0 Å². The van der Waals surface area contributed by atoms with E-state index in [1.807, 2.05) is 19.9 Å². The average molecular weight is 548 g/mol. The van der Waals surface area contributed by atoms with Crippen molar-refractivity contribution >= 4 is 50.7 Å². The lowest BCUT2D eigenvalue weighted by molar-refractivity contribution is -0.118. The number of rotatable bonds is 8. The summed E-state index contributed by atoms with van der Waals surface area (Å²) in [6.07, 6.45) is 0. The summed E-state index contributed by atoms with van der Waals surface area (Å²) < 4.78 is 17.2. The molecule has 0 spiro atoms. The van der Waals surface area contributed by atoms with Gasteiger partial charge in [0.1, 0.15) is 17.2 Å². The largest absolute Gasteiger partial charge is 0.494 e. The molecule has 2 amide bonds. The van der Waals surface area contributed by atoms with Gasteiger partial charge in [-0.25, -0.2) is 0 Å². The number of aryl methyl sites for hydroxylation is 1. The van der Waals surface area contributed by atoms with E-state index < -0.39 is 5.91 Å². The fourth-order valence-corrected chi connectivity index (χ4v) is 3.90. The van der Waals surface area contributed by atoms with E-state index in [1.54, 1.807) is 42.5 Å². The van der Waals surface area contributed by atoms with Crippen LogP contribution in [0.5, 0.6) is 17.2 Å². The van der Waals surface area contributed by atoms with Crippen LogP contribution >= 0.6 is 27.5 Å². The second-order valence-corrected chi connectivity index (χ2v) is 8.53. The smallest absolute Gasteiger partial charge is 0.262 e. The zero-order valence-corrected chi connectivity index (χ0v) is 21.5. The van der Waals surface area contributed by atoms with Crippen LogP contribution < -0.4 is 24.8 Å². The number of hydrogen-bond acceptors (Lipinski definition) is 5. The average Bonchev–Trinajstić information content (AvgIpc) is 2.85. The number of halogens is 2. The number of ether oxygens (including phenoxy) is 3. The second kappa shape index (κ2) is 11.3. The highest BCUT2D eigenvalue weighted by molar-refractivity contribution is 9.10. The van der Waals surface area contributed by atoms with Gasteiger partial charge in [0.05, 0.1) is 30.1 Å². The van der Waals surface area contributed by atoms with E-state index in [0.717, 1.165) is 11.1 Å². The Hall–Kier alpha value is -3.23. The second-order valence-electron chi connectivity index (χ2n) is 7.35. The van der Waals surface area contributed by atoms with Gasteiger partial charge < -0.3 is 24.8 Å². The third-order valence-corrected chi connectivity index (χ3v) is 6.57. The zero-order chi connectivity index (χ0) is 24.8. The van der Waals surface area contributed by atoms with E-state index in [0.29, 0.717) is 43.7 Å². The molecule has 0 unspecified atom stereocenters. The highest BCUT2D eigenvalue weighted by Crippen LogP contribution is 2.37. The molecule has 7 nitrogen and oxygen atoms in total. The van der Waals surface area contributed by atoms with Crippen LogP contribution in [0, 0.1) is 13.8 Å². The zero-order valence-electron chi connectivity index (χ0n) is 19.1. The standard InChI is InChI=1S/C25H24BrClN2O5/c1-14-10-21(23(26)15(2)24(14)27)34-13-22(30)28-17-11-20(33-4)18(12-19(17)32-3)29-25(31)16-8-6-5-7-9-16/h5-12H,13H2,1-4H3,(H,28,30)(H,29,31). The number of carbonyl (C=O) groups is 2.